The largest absolute Gasteiger partial charge is 0.467 e. The molecule has 2 atom stereocenters. The Hall–Kier alpha value is -3.02. The van der Waals surface area contributed by atoms with Crippen molar-refractivity contribution >= 4 is 41.2 Å². The molecule has 1 aliphatic carbocycles. The van der Waals surface area contributed by atoms with Gasteiger partial charge >= 0.3 is 5.97 Å². The molecule has 0 amide bonds. The molecule has 0 bridgehead atoms. The molecule has 0 radical (unpaired) electrons. The molecule has 216 valence electrons. The van der Waals surface area contributed by atoms with Gasteiger partial charge < -0.3 is 15.0 Å². The molecule has 0 aromatic heterocycles. The van der Waals surface area contributed by atoms with Crippen molar-refractivity contribution in [2.24, 2.45) is 16.8 Å². The molecule has 7 heteroatoms. The summed E-state index contributed by atoms with van der Waals surface area (Å²) in [5, 5.41) is 5.15. The Morgan fingerprint density at radius 3 is 2.15 bits per heavy atom. The highest BCUT2D eigenvalue weighted by Gasteiger charge is 2.55. The number of ether oxygens (including phenoxy) is 1. The predicted molar refractivity (Wildman–Crippen MR) is 169 cm³/mol. The number of anilines is 1. The fourth-order valence-electron chi connectivity index (χ4n) is 6.84. The standard InChI is InChI=1S/C34H39Cl2N3O2/c1-33(2,38-30-19-17-29(36)18-20-30)27-13-11-26(12-14-27)31-34(32(40)41-3,21-24-9-15-28(35)16-10-24)37-23-39(31)22-25-7-5-4-6-8-25/h4-10,15-20,23,26-27,31,38H,11-14,21-22H2,1-3H3. The zero-order chi connectivity index (χ0) is 29.0. The van der Waals surface area contributed by atoms with Gasteiger partial charge in [-0.05, 0) is 98.9 Å². The van der Waals surface area contributed by atoms with Gasteiger partial charge in [-0.1, -0.05) is 65.7 Å². The van der Waals surface area contributed by atoms with Crippen LogP contribution in [0.4, 0.5) is 5.69 Å². The van der Waals surface area contributed by atoms with Crippen LogP contribution < -0.4 is 5.32 Å². The molecule has 0 spiro atoms. The fraction of sp³-hybridized carbons (Fsp3) is 0.412. The Labute approximate surface area is 253 Å². The Morgan fingerprint density at radius 1 is 0.927 bits per heavy atom. The van der Waals surface area contributed by atoms with Gasteiger partial charge in [0.1, 0.15) is 0 Å². The van der Waals surface area contributed by atoms with Gasteiger partial charge in [0.05, 0.1) is 19.5 Å². The van der Waals surface area contributed by atoms with Crippen LogP contribution in [0.5, 0.6) is 0 Å². The lowest BCUT2D eigenvalue weighted by atomic mass is 9.67. The lowest BCUT2D eigenvalue weighted by Crippen LogP contribution is -2.57. The van der Waals surface area contributed by atoms with Gasteiger partial charge in [0.15, 0.2) is 5.54 Å². The van der Waals surface area contributed by atoms with Crippen LogP contribution in [0.15, 0.2) is 83.9 Å². The van der Waals surface area contributed by atoms with Crippen LogP contribution in [0, 0.1) is 11.8 Å². The Bertz CT molecular complexity index is 1340. The number of hydrogen-bond donors (Lipinski definition) is 1. The molecular weight excluding hydrogens is 553 g/mol. The molecule has 1 aliphatic heterocycles. The van der Waals surface area contributed by atoms with Crippen LogP contribution >= 0.6 is 23.2 Å². The van der Waals surface area contributed by atoms with Crippen molar-refractivity contribution in [3.63, 3.8) is 0 Å². The first-order valence-corrected chi connectivity index (χ1v) is 15.2. The molecule has 2 aliphatic rings. The highest BCUT2D eigenvalue weighted by Crippen LogP contribution is 2.45. The minimum Gasteiger partial charge on any atom is -0.467 e. The molecule has 1 fully saturated rings. The average molecular weight is 593 g/mol. The summed E-state index contributed by atoms with van der Waals surface area (Å²) in [5.41, 5.74) is 2.18. The number of nitrogens with one attached hydrogen (secondary N) is 1. The minimum absolute atomic E-state index is 0.0859. The number of rotatable bonds is 9. The van der Waals surface area contributed by atoms with E-state index in [9.17, 15) is 4.79 Å². The highest BCUT2D eigenvalue weighted by molar-refractivity contribution is 6.30. The van der Waals surface area contributed by atoms with Crippen LogP contribution in [0.25, 0.3) is 0 Å². The topological polar surface area (TPSA) is 53.9 Å². The average Bonchev–Trinajstić information content (AvgIpc) is 3.33. The molecule has 1 saturated carbocycles. The molecule has 5 rings (SSSR count). The molecule has 1 heterocycles. The van der Waals surface area contributed by atoms with Crippen molar-refractivity contribution in [3.8, 4) is 0 Å². The summed E-state index contributed by atoms with van der Waals surface area (Å²) in [6.45, 7) is 5.26. The number of aliphatic imine (C=N–C) groups is 1. The number of carbonyl (C=O) groups is 1. The van der Waals surface area contributed by atoms with E-state index in [1.165, 1.54) is 12.7 Å². The van der Waals surface area contributed by atoms with Gasteiger partial charge in [-0.2, -0.15) is 0 Å². The maximum atomic E-state index is 13.7. The summed E-state index contributed by atoms with van der Waals surface area (Å²) in [6.07, 6.45) is 6.50. The molecule has 41 heavy (non-hydrogen) atoms. The number of benzene rings is 3. The van der Waals surface area contributed by atoms with Crippen LogP contribution in [0.3, 0.4) is 0 Å². The van der Waals surface area contributed by atoms with E-state index in [1.54, 1.807) is 0 Å². The van der Waals surface area contributed by atoms with Crippen LogP contribution in [-0.2, 0) is 22.5 Å². The Morgan fingerprint density at radius 2 is 1.54 bits per heavy atom. The summed E-state index contributed by atoms with van der Waals surface area (Å²) >= 11 is 12.3. The lowest BCUT2D eigenvalue weighted by Gasteiger charge is -2.46. The van der Waals surface area contributed by atoms with Crippen LogP contribution in [0.2, 0.25) is 10.0 Å². The van der Waals surface area contributed by atoms with Crippen LogP contribution in [0.1, 0.15) is 50.7 Å². The molecular formula is C34H39Cl2N3O2. The zero-order valence-corrected chi connectivity index (χ0v) is 25.5. The minimum atomic E-state index is -1.02. The van der Waals surface area contributed by atoms with Gasteiger partial charge in [0.2, 0.25) is 0 Å². The van der Waals surface area contributed by atoms with Crippen molar-refractivity contribution < 1.29 is 9.53 Å². The van der Waals surface area contributed by atoms with E-state index in [-0.39, 0.29) is 23.5 Å². The highest BCUT2D eigenvalue weighted by atomic mass is 35.5. The van der Waals surface area contributed by atoms with Crippen molar-refractivity contribution in [3.05, 3.63) is 100 Å². The van der Waals surface area contributed by atoms with Gasteiger partial charge in [-0.3, -0.25) is 4.99 Å². The maximum Gasteiger partial charge on any atom is 0.336 e. The second-order valence-corrected chi connectivity index (χ2v) is 12.9. The van der Waals surface area contributed by atoms with E-state index in [2.05, 4.69) is 48.3 Å². The first-order valence-electron chi connectivity index (χ1n) is 14.4. The van der Waals surface area contributed by atoms with Gasteiger partial charge in [0, 0.05) is 34.2 Å². The Balaban J connectivity index is 1.40. The van der Waals surface area contributed by atoms with Gasteiger partial charge in [0.25, 0.3) is 0 Å². The van der Waals surface area contributed by atoms with Crippen molar-refractivity contribution in [1.82, 2.24) is 4.90 Å². The zero-order valence-electron chi connectivity index (χ0n) is 24.0. The normalized spacial score (nSPS) is 24.3. The molecule has 0 saturated heterocycles. The SMILES string of the molecule is COC(=O)C1(Cc2ccc(Cl)cc2)N=CN(Cc2ccccc2)C1C1CCC(C(C)(C)Nc2ccc(Cl)cc2)CC1. The third kappa shape index (κ3) is 6.57. The fourth-order valence-corrected chi connectivity index (χ4v) is 7.10. The van der Waals surface area contributed by atoms with E-state index in [0.717, 1.165) is 42.0 Å². The predicted octanol–water partition coefficient (Wildman–Crippen LogP) is 8.06. The van der Waals surface area contributed by atoms with E-state index < -0.39 is 5.54 Å². The second-order valence-electron chi connectivity index (χ2n) is 12.0. The van der Waals surface area contributed by atoms with E-state index in [1.807, 2.05) is 60.9 Å². The first kappa shape index (κ1) is 29.5. The van der Waals surface area contributed by atoms with Crippen molar-refractivity contribution in [2.45, 2.75) is 69.6 Å². The molecule has 3 aromatic rings. The number of hydrogen-bond acceptors (Lipinski definition) is 5. The summed E-state index contributed by atoms with van der Waals surface area (Å²) in [6, 6.07) is 25.9. The number of esters is 1. The maximum absolute atomic E-state index is 13.7. The summed E-state index contributed by atoms with van der Waals surface area (Å²) in [4.78, 5) is 21.0. The van der Waals surface area contributed by atoms with Crippen molar-refractivity contribution in [1.29, 1.82) is 0 Å². The van der Waals surface area contributed by atoms with Crippen LogP contribution in [-0.4, -0.2) is 41.4 Å². The second kappa shape index (κ2) is 12.5. The monoisotopic (exact) mass is 591 g/mol. The molecule has 5 nitrogen and oxygen atoms in total. The lowest BCUT2D eigenvalue weighted by molar-refractivity contribution is -0.149. The quantitative estimate of drug-likeness (QED) is 0.256. The molecule has 3 aromatic carbocycles. The van der Waals surface area contributed by atoms with E-state index in [0.29, 0.717) is 23.9 Å². The summed E-state index contributed by atoms with van der Waals surface area (Å²) < 4.78 is 5.48. The number of nitrogens with zero attached hydrogens (tertiary/aromatic N) is 2. The smallest absolute Gasteiger partial charge is 0.336 e. The van der Waals surface area contributed by atoms with Crippen molar-refractivity contribution in [2.75, 3.05) is 12.4 Å². The summed E-state index contributed by atoms with van der Waals surface area (Å²) in [5.74, 6) is 0.495. The third-order valence-corrected chi connectivity index (χ3v) is 9.47. The van der Waals surface area contributed by atoms with E-state index in [4.69, 9.17) is 32.9 Å². The summed E-state index contributed by atoms with van der Waals surface area (Å²) in [7, 11) is 1.47. The van der Waals surface area contributed by atoms with Gasteiger partial charge in [-0.15, -0.1) is 0 Å². The molecule has 1 N–H and O–H groups in total. The van der Waals surface area contributed by atoms with Gasteiger partial charge in [-0.25, -0.2) is 4.79 Å². The number of halogens is 2. The third-order valence-electron chi connectivity index (χ3n) is 8.97. The van der Waals surface area contributed by atoms with E-state index >= 15 is 0 Å². The number of carbonyl (C=O) groups excluding carboxylic acids is 1. The Kier molecular flexibility index (Phi) is 8.96. The molecule has 2 unspecified atom stereocenters. The number of methoxy groups -OCH3 is 1. The first-order chi connectivity index (χ1) is 19.7.